The highest BCUT2D eigenvalue weighted by atomic mass is 19.4. The predicted octanol–water partition coefficient (Wildman–Crippen LogP) is 5.01. The molecule has 0 unspecified atom stereocenters. The maximum absolute atomic E-state index is 14.4. The average Bonchev–Trinajstić information content (AvgIpc) is 2.97. The zero-order valence-corrected chi connectivity index (χ0v) is 22.2. The van der Waals surface area contributed by atoms with Crippen LogP contribution in [-0.2, 0) is 12.7 Å². The van der Waals surface area contributed by atoms with Gasteiger partial charge in [-0.05, 0) is 42.5 Å². The number of rotatable bonds is 4. The highest BCUT2D eigenvalue weighted by Crippen LogP contribution is 2.44. The van der Waals surface area contributed by atoms with Gasteiger partial charge in [0.15, 0.2) is 0 Å². The van der Waals surface area contributed by atoms with Crippen molar-refractivity contribution in [3.8, 4) is 11.3 Å². The number of nitrogens with zero attached hydrogens (tertiary/aromatic N) is 5. The number of alkyl halides is 3. The molecule has 2 aliphatic heterocycles. The maximum Gasteiger partial charge on any atom is 0.418 e. The molecule has 0 spiro atoms. The van der Waals surface area contributed by atoms with Crippen LogP contribution in [0.25, 0.3) is 22.3 Å². The van der Waals surface area contributed by atoms with Crippen molar-refractivity contribution >= 4 is 46.0 Å². The molecule has 0 saturated carbocycles. The summed E-state index contributed by atoms with van der Waals surface area (Å²) in [5, 5.41) is 10.8. The number of carbonyl (C=O) groups is 1. The number of piperazine rings is 1. The predicted molar refractivity (Wildman–Crippen MR) is 153 cm³/mol. The van der Waals surface area contributed by atoms with E-state index in [1.165, 1.54) is 15.9 Å². The molecule has 4 heterocycles. The third kappa shape index (κ3) is 4.69. The summed E-state index contributed by atoms with van der Waals surface area (Å²) < 4.78 is 43.2. The Hall–Kier alpha value is -4.71. The van der Waals surface area contributed by atoms with Gasteiger partial charge in [-0.3, -0.25) is 9.88 Å². The van der Waals surface area contributed by atoms with Gasteiger partial charge < -0.3 is 26.3 Å². The molecule has 210 valence electrons. The van der Waals surface area contributed by atoms with Gasteiger partial charge in [0, 0.05) is 73.7 Å². The van der Waals surface area contributed by atoms with Crippen molar-refractivity contribution < 1.29 is 18.0 Å². The molecular weight excluding hydrogens is 533 g/mol. The van der Waals surface area contributed by atoms with E-state index in [1.54, 1.807) is 54.5 Å². The first-order valence-corrected chi connectivity index (χ1v) is 13.1. The Kier molecular flexibility index (Phi) is 6.49. The topological polar surface area (TPSA) is 114 Å². The maximum atomic E-state index is 14.4. The quantitative estimate of drug-likeness (QED) is 0.239. The minimum absolute atomic E-state index is 0.0890. The largest absolute Gasteiger partial charge is 0.418 e. The summed E-state index contributed by atoms with van der Waals surface area (Å²) >= 11 is 0. The highest BCUT2D eigenvalue weighted by molar-refractivity contribution is 6.08. The molecule has 0 radical (unpaired) electrons. The van der Waals surface area contributed by atoms with Crippen LogP contribution < -0.4 is 20.9 Å². The summed E-state index contributed by atoms with van der Waals surface area (Å²) in [5.74, 6) is 0. The smallest absolute Gasteiger partial charge is 0.398 e. The van der Waals surface area contributed by atoms with Crippen LogP contribution in [0.5, 0.6) is 0 Å². The summed E-state index contributed by atoms with van der Waals surface area (Å²) in [4.78, 5) is 27.4. The summed E-state index contributed by atoms with van der Waals surface area (Å²) in [5.41, 5.74) is 9.48. The van der Waals surface area contributed by atoms with Gasteiger partial charge in [0.05, 0.1) is 34.7 Å². The minimum Gasteiger partial charge on any atom is -0.398 e. The number of benzene rings is 2. The first-order chi connectivity index (χ1) is 19.7. The van der Waals surface area contributed by atoms with Crippen molar-refractivity contribution in [1.29, 1.82) is 5.41 Å². The van der Waals surface area contributed by atoms with E-state index in [2.05, 4.69) is 10.3 Å². The Morgan fingerprint density at radius 3 is 2.59 bits per heavy atom. The third-order valence-electron chi connectivity index (χ3n) is 7.45. The monoisotopic (exact) mass is 560 g/mol. The van der Waals surface area contributed by atoms with Crippen LogP contribution in [0.4, 0.5) is 40.7 Å². The Labute approximate surface area is 233 Å². The van der Waals surface area contributed by atoms with E-state index in [0.29, 0.717) is 71.0 Å². The van der Waals surface area contributed by atoms with Gasteiger partial charge in [0.2, 0.25) is 0 Å². The second-order valence-electron chi connectivity index (χ2n) is 10.1. The van der Waals surface area contributed by atoms with Crippen LogP contribution >= 0.6 is 0 Å². The Morgan fingerprint density at radius 1 is 1.07 bits per heavy atom. The molecule has 2 amide bonds. The number of anilines is 4. The lowest BCUT2D eigenvalue weighted by atomic mass is 10.0. The molecule has 12 heteroatoms. The van der Waals surface area contributed by atoms with Crippen molar-refractivity contribution in [3.05, 3.63) is 71.4 Å². The first-order valence-electron chi connectivity index (χ1n) is 13.1. The molecule has 0 bridgehead atoms. The van der Waals surface area contributed by atoms with Crippen LogP contribution in [0.2, 0.25) is 0 Å². The van der Waals surface area contributed by atoms with Gasteiger partial charge >= 0.3 is 12.2 Å². The molecular formula is C29H27F3N8O. The average molecular weight is 561 g/mol. The lowest BCUT2D eigenvalue weighted by Gasteiger charge is -2.36. The fourth-order valence-electron chi connectivity index (χ4n) is 5.38. The second kappa shape index (κ2) is 10.0. The molecule has 1 fully saturated rings. The zero-order chi connectivity index (χ0) is 28.9. The summed E-state index contributed by atoms with van der Waals surface area (Å²) in [6.45, 7) is 2.30. The van der Waals surface area contributed by atoms with Gasteiger partial charge in [-0.25, -0.2) is 9.78 Å². The number of nitrogen functional groups attached to an aromatic ring is 1. The lowest BCUT2D eigenvalue weighted by molar-refractivity contribution is -0.137. The molecule has 9 nitrogen and oxygen atoms in total. The second-order valence-corrected chi connectivity index (χ2v) is 10.1. The highest BCUT2D eigenvalue weighted by Gasteiger charge is 2.38. The van der Waals surface area contributed by atoms with E-state index in [0.717, 1.165) is 12.3 Å². The molecule has 2 aliphatic rings. The molecule has 41 heavy (non-hydrogen) atoms. The summed E-state index contributed by atoms with van der Waals surface area (Å²) in [6, 6.07) is 12.3. The van der Waals surface area contributed by atoms with Crippen LogP contribution in [0.3, 0.4) is 0 Å². The van der Waals surface area contributed by atoms with E-state index < -0.39 is 17.8 Å². The molecule has 0 atom stereocenters. The molecule has 2 aromatic carbocycles. The van der Waals surface area contributed by atoms with Crippen molar-refractivity contribution in [2.24, 2.45) is 0 Å². The van der Waals surface area contributed by atoms with Gasteiger partial charge in [-0.2, -0.15) is 13.2 Å². The number of hydrogen-bond donors (Lipinski definition) is 3. The van der Waals surface area contributed by atoms with Crippen molar-refractivity contribution in [1.82, 2.24) is 20.2 Å². The number of pyridine rings is 2. The van der Waals surface area contributed by atoms with Crippen LogP contribution in [0, 0.1) is 5.41 Å². The van der Waals surface area contributed by atoms with Gasteiger partial charge in [0.1, 0.15) is 5.52 Å². The molecule has 6 rings (SSSR count). The van der Waals surface area contributed by atoms with Crippen LogP contribution in [0.15, 0.2) is 54.7 Å². The SMILES string of the molecule is CN1Cc2cnc3ccc(-c4ccc(N)c(C=N)c4)nc3c2N(c2ccc(N3CCNCC3)c(C(F)(F)F)c2)C1=O. The molecule has 1 saturated heterocycles. The third-order valence-corrected chi connectivity index (χ3v) is 7.45. The lowest BCUT2D eigenvalue weighted by Crippen LogP contribution is -2.44. The van der Waals surface area contributed by atoms with E-state index in [4.69, 9.17) is 16.1 Å². The normalized spacial score (nSPS) is 15.8. The van der Waals surface area contributed by atoms with Crippen molar-refractivity contribution in [3.63, 3.8) is 0 Å². The van der Waals surface area contributed by atoms with E-state index in [1.807, 2.05) is 0 Å². The fourth-order valence-corrected chi connectivity index (χ4v) is 5.38. The molecule has 4 aromatic rings. The first kappa shape index (κ1) is 26.5. The molecule has 4 N–H and O–H groups in total. The van der Waals surface area contributed by atoms with Crippen LogP contribution in [-0.4, -0.2) is 60.3 Å². The molecule has 2 aromatic heterocycles. The summed E-state index contributed by atoms with van der Waals surface area (Å²) in [6.07, 6.45) is -1.84. The van der Waals surface area contributed by atoms with Crippen molar-refractivity contribution in [2.75, 3.05) is 48.8 Å². The minimum atomic E-state index is -4.63. The zero-order valence-electron chi connectivity index (χ0n) is 22.2. The number of fused-ring (bicyclic) bond motifs is 3. The standard InChI is InChI=1S/C29H27F3N8O/c1-38-16-19-15-36-24-6-5-23(17-2-4-22(34)18(12-17)14-33)37-26(24)27(19)40(28(38)41)20-3-7-25(21(13-20)29(30,31)32)39-10-8-35-9-11-39/h2-7,12-15,33,35H,8-11,16,34H2,1H3. The Balaban J connectivity index is 1.53. The molecule has 0 aliphatic carbocycles. The van der Waals surface area contributed by atoms with Gasteiger partial charge in [0.25, 0.3) is 0 Å². The number of nitrogens with one attached hydrogen (secondary N) is 2. The Morgan fingerprint density at radius 2 is 1.85 bits per heavy atom. The van der Waals surface area contributed by atoms with E-state index in [-0.39, 0.29) is 17.9 Å². The number of halogens is 3. The van der Waals surface area contributed by atoms with Gasteiger partial charge in [-0.1, -0.05) is 6.07 Å². The number of aromatic nitrogens is 2. The van der Waals surface area contributed by atoms with Crippen LogP contribution in [0.1, 0.15) is 16.7 Å². The van der Waals surface area contributed by atoms with Crippen molar-refractivity contribution in [2.45, 2.75) is 12.7 Å². The number of nitrogens with two attached hydrogens (primary N) is 1. The number of hydrogen-bond acceptors (Lipinski definition) is 7. The Bertz CT molecular complexity index is 1680. The van der Waals surface area contributed by atoms with Gasteiger partial charge in [-0.15, -0.1) is 0 Å². The van der Waals surface area contributed by atoms with E-state index in [9.17, 15) is 18.0 Å². The number of carbonyl (C=O) groups excluding carboxylic acids is 1. The number of urea groups is 1. The number of amides is 2. The van der Waals surface area contributed by atoms with E-state index >= 15 is 0 Å². The fraction of sp³-hybridized carbons (Fsp3) is 0.241. The summed E-state index contributed by atoms with van der Waals surface area (Å²) in [7, 11) is 1.60.